The SMILES string of the molecule is CCCCCC(C)NC1CCN2CCCC12. The van der Waals surface area contributed by atoms with Gasteiger partial charge in [-0.1, -0.05) is 26.2 Å². The zero-order chi connectivity index (χ0) is 11.4. The van der Waals surface area contributed by atoms with Gasteiger partial charge in [-0.2, -0.15) is 0 Å². The van der Waals surface area contributed by atoms with Gasteiger partial charge in [0.05, 0.1) is 0 Å². The maximum Gasteiger partial charge on any atom is 0.0250 e. The van der Waals surface area contributed by atoms with Crippen molar-refractivity contribution >= 4 is 0 Å². The summed E-state index contributed by atoms with van der Waals surface area (Å²) in [6, 6.07) is 2.38. The second-order valence-corrected chi connectivity index (χ2v) is 5.70. The van der Waals surface area contributed by atoms with Gasteiger partial charge in [-0.15, -0.1) is 0 Å². The molecule has 0 saturated carbocycles. The Bertz CT molecular complexity index is 205. The fraction of sp³-hybridized carbons (Fsp3) is 1.00. The molecule has 0 spiro atoms. The molecule has 0 radical (unpaired) electrons. The summed E-state index contributed by atoms with van der Waals surface area (Å²) in [4.78, 5) is 2.69. The molecular formula is C14H28N2. The molecule has 2 aliphatic rings. The van der Waals surface area contributed by atoms with E-state index in [-0.39, 0.29) is 0 Å². The molecule has 0 bridgehead atoms. The van der Waals surface area contributed by atoms with Crippen LogP contribution in [0.2, 0.25) is 0 Å². The molecule has 0 aromatic carbocycles. The van der Waals surface area contributed by atoms with Gasteiger partial charge in [-0.3, -0.25) is 4.90 Å². The summed E-state index contributed by atoms with van der Waals surface area (Å²) in [7, 11) is 0. The van der Waals surface area contributed by atoms with Gasteiger partial charge in [-0.05, 0) is 39.2 Å². The van der Waals surface area contributed by atoms with Crippen LogP contribution in [0.5, 0.6) is 0 Å². The summed E-state index contributed by atoms with van der Waals surface area (Å²) in [6.07, 6.45) is 9.72. The summed E-state index contributed by atoms with van der Waals surface area (Å²) >= 11 is 0. The minimum atomic E-state index is 0.720. The quantitative estimate of drug-likeness (QED) is 0.698. The van der Waals surface area contributed by atoms with Crippen LogP contribution in [0, 0.1) is 0 Å². The number of hydrogen-bond donors (Lipinski definition) is 1. The van der Waals surface area contributed by atoms with E-state index in [9.17, 15) is 0 Å². The lowest BCUT2D eigenvalue weighted by atomic mass is 10.0. The van der Waals surface area contributed by atoms with Crippen LogP contribution in [0.3, 0.4) is 0 Å². The Kier molecular flexibility index (Phi) is 4.66. The van der Waals surface area contributed by atoms with E-state index in [2.05, 4.69) is 24.1 Å². The molecule has 0 aliphatic carbocycles. The molecule has 2 heteroatoms. The lowest BCUT2D eigenvalue weighted by Gasteiger charge is -2.25. The van der Waals surface area contributed by atoms with Crippen LogP contribution in [0.15, 0.2) is 0 Å². The van der Waals surface area contributed by atoms with Crippen molar-refractivity contribution < 1.29 is 0 Å². The molecule has 3 atom stereocenters. The molecule has 2 nitrogen and oxygen atoms in total. The fourth-order valence-corrected chi connectivity index (χ4v) is 3.43. The van der Waals surface area contributed by atoms with Gasteiger partial charge < -0.3 is 5.32 Å². The van der Waals surface area contributed by atoms with Crippen LogP contribution in [-0.4, -0.2) is 36.1 Å². The van der Waals surface area contributed by atoms with Crippen LogP contribution < -0.4 is 5.32 Å². The van der Waals surface area contributed by atoms with Crippen molar-refractivity contribution in [3.63, 3.8) is 0 Å². The molecule has 2 aliphatic heterocycles. The Morgan fingerprint density at radius 1 is 1.25 bits per heavy atom. The van der Waals surface area contributed by atoms with Crippen LogP contribution >= 0.6 is 0 Å². The monoisotopic (exact) mass is 224 g/mol. The van der Waals surface area contributed by atoms with Crippen molar-refractivity contribution in [2.75, 3.05) is 13.1 Å². The zero-order valence-electron chi connectivity index (χ0n) is 11.0. The molecule has 2 saturated heterocycles. The molecule has 2 fully saturated rings. The maximum absolute atomic E-state index is 3.87. The first kappa shape index (κ1) is 12.4. The van der Waals surface area contributed by atoms with Crippen molar-refractivity contribution in [2.24, 2.45) is 0 Å². The average Bonchev–Trinajstić information content (AvgIpc) is 2.83. The first-order valence-corrected chi connectivity index (χ1v) is 7.31. The largest absolute Gasteiger partial charge is 0.310 e. The summed E-state index contributed by atoms with van der Waals surface area (Å²) < 4.78 is 0. The number of nitrogens with one attached hydrogen (secondary N) is 1. The van der Waals surface area contributed by atoms with E-state index < -0.39 is 0 Å². The highest BCUT2D eigenvalue weighted by Crippen LogP contribution is 2.28. The van der Waals surface area contributed by atoms with E-state index in [1.807, 2.05) is 0 Å². The normalized spacial score (nSPS) is 31.9. The van der Waals surface area contributed by atoms with Gasteiger partial charge in [-0.25, -0.2) is 0 Å². The van der Waals surface area contributed by atoms with Crippen LogP contribution in [-0.2, 0) is 0 Å². The number of hydrogen-bond acceptors (Lipinski definition) is 2. The van der Waals surface area contributed by atoms with Crippen LogP contribution in [0.1, 0.15) is 58.8 Å². The molecule has 0 aromatic rings. The predicted molar refractivity (Wildman–Crippen MR) is 69.7 cm³/mol. The first-order valence-electron chi connectivity index (χ1n) is 7.31. The second-order valence-electron chi connectivity index (χ2n) is 5.70. The summed E-state index contributed by atoms with van der Waals surface area (Å²) in [5.74, 6) is 0. The van der Waals surface area contributed by atoms with Gasteiger partial charge in [0.1, 0.15) is 0 Å². The third-order valence-corrected chi connectivity index (χ3v) is 4.35. The number of unbranched alkanes of at least 4 members (excludes halogenated alkanes) is 2. The van der Waals surface area contributed by atoms with Gasteiger partial charge in [0, 0.05) is 24.7 Å². The van der Waals surface area contributed by atoms with Gasteiger partial charge in [0.2, 0.25) is 0 Å². The summed E-state index contributed by atoms with van der Waals surface area (Å²) in [5, 5.41) is 3.87. The van der Waals surface area contributed by atoms with Crippen molar-refractivity contribution in [3.05, 3.63) is 0 Å². The molecular weight excluding hydrogens is 196 g/mol. The van der Waals surface area contributed by atoms with Crippen LogP contribution in [0.4, 0.5) is 0 Å². The molecule has 1 N–H and O–H groups in total. The number of fused-ring (bicyclic) bond motifs is 1. The highest BCUT2D eigenvalue weighted by atomic mass is 15.2. The second kappa shape index (κ2) is 6.02. The fourth-order valence-electron chi connectivity index (χ4n) is 3.43. The Hall–Kier alpha value is -0.0800. The molecule has 3 unspecified atom stereocenters. The lowest BCUT2D eigenvalue weighted by molar-refractivity contribution is 0.287. The number of nitrogens with zero attached hydrogens (tertiary/aromatic N) is 1. The number of rotatable bonds is 6. The van der Waals surface area contributed by atoms with Gasteiger partial charge >= 0.3 is 0 Å². The summed E-state index contributed by atoms with van der Waals surface area (Å²) in [6.45, 7) is 7.34. The minimum Gasteiger partial charge on any atom is -0.310 e. The standard InChI is InChI=1S/C14H28N2/c1-3-4-5-7-12(2)15-13-9-11-16-10-6-8-14(13)16/h12-15H,3-11H2,1-2H3. The Labute approximate surface area is 101 Å². The molecule has 94 valence electrons. The minimum absolute atomic E-state index is 0.720. The molecule has 0 amide bonds. The smallest absolute Gasteiger partial charge is 0.0250 e. The molecule has 2 heterocycles. The average molecular weight is 224 g/mol. The zero-order valence-corrected chi connectivity index (χ0v) is 11.0. The van der Waals surface area contributed by atoms with Crippen LogP contribution in [0.25, 0.3) is 0 Å². The Morgan fingerprint density at radius 2 is 2.12 bits per heavy atom. The van der Waals surface area contributed by atoms with E-state index in [0.29, 0.717) is 0 Å². The molecule has 0 aromatic heterocycles. The van der Waals surface area contributed by atoms with Gasteiger partial charge in [0.25, 0.3) is 0 Å². The van der Waals surface area contributed by atoms with E-state index in [4.69, 9.17) is 0 Å². The van der Waals surface area contributed by atoms with E-state index >= 15 is 0 Å². The van der Waals surface area contributed by atoms with Crippen molar-refractivity contribution in [1.29, 1.82) is 0 Å². The predicted octanol–water partition coefficient (Wildman–Crippen LogP) is 2.78. The van der Waals surface area contributed by atoms with Crippen molar-refractivity contribution in [2.45, 2.75) is 76.9 Å². The molecule has 2 rings (SSSR count). The van der Waals surface area contributed by atoms with Crippen molar-refractivity contribution in [1.82, 2.24) is 10.2 Å². The van der Waals surface area contributed by atoms with Gasteiger partial charge in [0.15, 0.2) is 0 Å². The van der Waals surface area contributed by atoms with E-state index in [1.54, 1.807) is 0 Å². The Morgan fingerprint density at radius 3 is 2.94 bits per heavy atom. The van der Waals surface area contributed by atoms with E-state index in [0.717, 1.165) is 18.1 Å². The highest BCUT2D eigenvalue weighted by Gasteiger charge is 2.37. The van der Waals surface area contributed by atoms with Crippen molar-refractivity contribution in [3.8, 4) is 0 Å². The Balaban J connectivity index is 1.68. The highest BCUT2D eigenvalue weighted by molar-refractivity contribution is 4.96. The third kappa shape index (κ3) is 2.98. The molecule has 16 heavy (non-hydrogen) atoms. The lowest BCUT2D eigenvalue weighted by Crippen LogP contribution is -2.43. The topological polar surface area (TPSA) is 15.3 Å². The van der Waals surface area contributed by atoms with E-state index in [1.165, 1.54) is 58.0 Å². The first-order chi connectivity index (χ1) is 7.81. The summed E-state index contributed by atoms with van der Waals surface area (Å²) in [5.41, 5.74) is 0. The third-order valence-electron chi connectivity index (χ3n) is 4.35. The maximum atomic E-state index is 3.87.